The fraction of sp³-hybridized carbons (Fsp3) is 0.571. The second-order valence-electron chi connectivity index (χ2n) is 7.81. The van der Waals surface area contributed by atoms with Crippen molar-refractivity contribution in [3.63, 3.8) is 0 Å². The summed E-state index contributed by atoms with van der Waals surface area (Å²) in [5.41, 5.74) is 0.836. The average molecular weight is 451 g/mol. The molecule has 2 saturated heterocycles. The van der Waals surface area contributed by atoms with E-state index in [1.807, 2.05) is 17.0 Å². The Morgan fingerprint density at radius 1 is 1.16 bits per heavy atom. The molecule has 2 atom stereocenters. The van der Waals surface area contributed by atoms with E-state index in [-0.39, 0.29) is 44.1 Å². The number of morpholine rings is 1. The monoisotopic (exact) mass is 451 g/mol. The number of aliphatic hydroxyl groups excluding tert-OH is 1. The molecule has 0 aliphatic carbocycles. The molecule has 4 rings (SSSR count). The number of hydrogen-bond donors (Lipinski definition) is 3. The van der Waals surface area contributed by atoms with Crippen molar-refractivity contribution in [2.45, 2.75) is 25.0 Å². The number of fused-ring (bicyclic) bond motifs is 1. The zero-order chi connectivity index (χ0) is 22.9. The van der Waals surface area contributed by atoms with E-state index < -0.39 is 6.10 Å². The highest BCUT2D eigenvalue weighted by molar-refractivity contribution is 5.79. The Morgan fingerprint density at radius 2 is 1.88 bits per heavy atom. The van der Waals surface area contributed by atoms with E-state index in [9.17, 15) is 14.7 Å². The van der Waals surface area contributed by atoms with Crippen LogP contribution in [0.15, 0.2) is 18.2 Å². The zero-order valence-electron chi connectivity index (χ0n) is 17.8. The van der Waals surface area contributed by atoms with E-state index in [2.05, 4.69) is 5.32 Å². The molecule has 1 aromatic rings. The molecule has 2 amide bonds. The number of likely N-dealkylation sites (tertiary alicyclic amines) is 1. The van der Waals surface area contributed by atoms with Crippen LogP contribution >= 0.6 is 0 Å². The van der Waals surface area contributed by atoms with Crippen molar-refractivity contribution in [3.8, 4) is 11.5 Å². The molecule has 1 aromatic carbocycles. The Balaban J connectivity index is 0.000000913. The van der Waals surface area contributed by atoms with E-state index in [1.54, 1.807) is 11.0 Å². The van der Waals surface area contributed by atoms with Gasteiger partial charge in [-0.25, -0.2) is 0 Å². The zero-order valence-corrected chi connectivity index (χ0v) is 17.8. The summed E-state index contributed by atoms with van der Waals surface area (Å²) in [4.78, 5) is 37.0. The Kier molecular flexibility index (Phi) is 8.65. The Hall–Kier alpha value is -2.89. The number of carbonyl (C=O) groups is 3. The molecule has 11 nitrogen and oxygen atoms in total. The summed E-state index contributed by atoms with van der Waals surface area (Å²) in [6.45, 7) is 3.50. The SMILES string of the molecule is O=C(Cc1ccc2c(c1)OCO2)N[C@H]1C[C@@H](O)CN(CC(=O)N2CCOCC2)C1.O=CO. The van der Waals surface area contributed by atoms with Gasteiger partial charge < -0.3 is 34.6 Å². The van der Waals surface area contributed by atoms with Crippen LogP contribution in [-0.2, 0) is 25.5 Å². The molecular formula is C21H29N3O8. The molecular weight excluding hydrogens is 422 g/mol. The number of nitrogens with zero attached hydrogens (tertiary/aromatic N) is 2. The number of β-amino-alcohol motifs (C(OH)–C–C–N with tert-alkyl or cyclic N) is 1. The van der Waals surface area contributed by atoms with Crippen LogP contribution < -0.4 is 14.8 Å². The molecule has 0 spiro atoms. The molecule has 32 heavy (non-hydrogen) atoms. The third-order valence-electron chi connectivity index (χ3n) is 5.39. The number of nitrogens with one attached hydrogen (secondary N) is 1. The Labute approximate surface area is 185 Å². The van der Waals surface area contributed by atoms with E-state index in [4.69, 9.17) is 24.1 Å². The van der Waals surface area contributed by atoms with Crippen molar-refractivity contribution in [1.29, 1.82) is 0 Å². The second kappa shape index (κ2) is 11.7. The van der Waals surface area contributed by atoms with Crippen LogP contribution in [0.5, 0.6) is 11.5 Å². The van der Waals surface area contributed by atoms with Gasteiger partial charge in [-0.2, -0.15) is 0 Å². The van der Waals surface area contributed by atoms with Crippen molar-refractivity contribution in [2.24, 2.45) is 0 Å². The van der Waals surface area contributed by atoms with Crippen LogP contribution in [0.4, 0.5) is 0 Å². The van der Waals surface area contributed by atoms with Crippen LogP contribution in [-0.4, -0.2) is 103 Å². The standard InChI is InChI=1S/C20H27N3O6.CH2O2/c24-16-9-15(10-22(11-16)12-20(26)23-3-5-27-6-4-23)21-19(25)8-14-1-2-17-18(7-14)29-13-28-17;2-1-3/h1-2,7,15-16,24H,3-6,8-13H2,(H,21,25);1H,(H,2,3)/t15-,16+;/m0./s1. The minimum atomic E-state index is -0.572. The fourth-order valence-corrected chi connectivity index (χ4v) is 4.01. The topological polar surface area (TPSA) is 138 Å². The Morgan fingerprint density at radius 3 is 2.62 bits per heavy atom. The van der Waals surface area contributed by atoms with Crippen molar-refractivity contribution in [3.05, 3.63) is 23.8 Å². The van der Waals surface area contributed by atoms with Gasteiger partial charge in [0.2, 0.25) is 18.6 Å². The number of amides is 2. The number of ether oxygens (including phenoxy) is 3. The smallest absolute Gasteiger partial charge is 0.290 e. The highest BCUT2D eigenvalue weighted by Gasteiger charge is 2.29. The lowest BCUT2D eigenvalue weighted by Crippen LogP contribution is -2.55. The van der Waals surface area contributed by atoms with Gasteiger partial charge in [0.05, 0.1) is 32.3 Å². The maximum atomic E-state index is 12.5. The maximum Gasteiger partial charge on any atom is 0.290 e. The lowest BCUT2D eigenvalue weighted by Gasteiger charge is -2.37. The van der Waals surface area contributed by atoms with Crippen molar-refractivity contribution < 1.29 is 38.8 Å². The molecule has 3 aliphatic rings. The molecule has 3 N–H and O–H groups in total. The van der Waals surface area contributed by atoms with Crippen molar-refractivity contribution in [1.82, 2.24) is 15.1 Å². The molecule has 176 valence electrons. The first kappa shape index (κ1) is 23.8. The van der Waals surface area contributed by atoms with Crippen molar-refractivity contribution >= 4 is 18.3 Å². The summed E-state index contributed by atoms with van der Waals surface area (Å²) in [6.07, 6.45) is 0.127. The normalized spacial score (nSPS) is 22.5. The second-order valence-corrected chi connectivity index (χ2v) is 7.81. The molecule has 0 bridgehead atoms. The third kappa shape index (κ3) is 6.81. The molecule has 0 radical (unpaired) electrons. The average Bonchev–Trinajstić information content (AvgIpc) is 3.22. The van der Waals surface area contributed by atoms with Gasteiger partial charge in [0.1, 0.15) is 0 Å². The van der Waals surface area contributed by atoms with Gasteiger partial charge in [-0.1, -0.05) is 6.07 Å². The maximum absolute atomic E-state index is 12.5. The number of carbonyl (C=O) groups excluding carboxylic acids is 2. The summed E-state index contributed by atoms with van der Waals surface area (Å²) in [5, 5.41) is 20.1. The predicted molar refractivity (Wildman–Crippen MR) is 111 cm³/mol. The summed E-state index contributed by atoms with van der Waals surface area (Å²) >= 11 is 0. The minimum Gasteiger partial charge on any atom is -0.483 e. The van der Waals surface area contributed by atoms with Gasteiger partial charge in [-0.15, -0.1) is 0 Å². The van der Waals surface area contributed by atoms with E-state index in [0.717, 1.165) is 5.56 Å². The molecule has 0 aromatic heterocycles. The largest absolute Gasteiger partial charge is 0.483 e. The highest BCUT2D eigenvalue weighted by atomic mass is 16.7. The summed E-state index contributed by atoms with van der Waals surface area (Å²) in [7, 11) is 0. The Bertz CT molecular complexity index is 799. The quantitative estimate of drug-likeness (QED) is 0.485. The highest BCUT2D eigenvalue weighted by Crippen LogP contribution is 2.32. The van der Waals surface area contributed by atoms with Crippen LogP contribution in [0.2, 0.25) is 0 Å². The van der Waals surface area contributed by atoms with Gasteiger partial charge in [-0.05, 0) is 24.1 Å². The summed E-state index contributed by atoms with van der Waals surface area (Å²) < 4.78 is 15.9. The van der Waals surface area contributed by atoms with Gasteiger partial charge in [0.15, 0.2) is 11.5 Å². The number of carboxylic acid groups (broad SMARTS) is 1. The molecule has 3 aliphatic heterocycles. The lowest BCUT2D eigenvalue weighted by atomic mass is 10.0. The number of rotatable bonds is 5. The van der Waals surface area contributed by atoms with E-state index in [0.29, 0.717) is 57.3 Å². The third-order valence-corrected chi connectivity index (χ3v) is 5.39. The molecule has 0 unspecified atom stereocenters. The van der Waals surface area contributed by atoms with Gasteiger partial charge in [0, 0.05) is 32.2 Å². The van der Waals surface area contributed by atoms with E-state index in [1.165, 1.54) is 0 Å². The first-order chi connectivity index (χ1) is 15.5. The minimum absolute atomic E-state index is 0.0350. The summed E-state index contributed by atoms with van der Waals surface area (Å²) in [5.74, 6) is 1.25. The number of aliphatic hydroxyl groups is 1. The number of hydrogen-bond acceptors (Lipinski definition) is 8. The first-order valence-corrected chi connectivity index (χ1v) is 10.5. The van der Waals surface area contributed by atoms with Crippen LogP contribution in [0.25, 0.3) is 0 Å². The van der Waals surface area contributed by atoms with Crippen LogP contribution in [0.1, 0.15) is 12.0 Å². The van der Waals surface area contributed by atoms with Crippen LogP contribution in [0, 0.1) is 0 Å². The summed E-state index contributed by atoms with van der Waals surface area (Å²) in [6, 6.07) is 5.26. The molecule has 3 heterocycles. The lowest BCUT2D eigenvalue weighted by molar-refractivity contribution is -0.137. The van der Waals surface area contributed by atoms with E-state index >= 15 is 0 Å². The molecule has 0 saturated carbocycles. The first-order valence-electron chi connectivity index (χ1n) is 10.5. The van der Waals surface area contributed by atoms with Gasteiger partial charge in [-0.3, -0.25) is 19.3 Å². The number of piperidine rings is 1. The molecule has 11 heteroatoms. The molecule has 2 fully saturated rings. The number of benzene rings is 1. The van der Waals surface area contributed by atoms with Crippen LogP contribution in [0.3, 0.4) is 0 Å². The van der Waals surface area contributed by atoms with Gasteiger partial charge >= 0.3 is 0 Å². The predicted octanol–water partition coefficient (Wildman–Crippen LogP) is -0.931. The van der Waals surface area contributed by atoms with Crippen molar-refractivity contribution in [2.75, 3.05) is 52.7 Å². The van der Waals surface area contributed by atoms with Gasteiger partial charge in [0.25, 0.3) is 6.47 Å². The fourth-order valence-electron chi connectivity index (χ4n) is 4.01.